The Bertz CT molecular complexity index is 1310. The number of carbonyl (C=O) groups excluding carboxylic acids is 1. The normalized spacial score (nSPS) is 15.2. The summed E-state index contributed by atoms with van der Waals surface area (Å²) in [5.41, 5.74) is 2.23. The fourth-order valence-electron chi connectivity index (χ4n) is 3.27. The smallest absolute Gasteiger partial charge is 0.345 e. The Morgan fingerprint density at radius 1 is 1.00 bits per heavy atom. The monoisotopic (exact) mass is 460 g/mol. The molecule has 1 aromatic heterocycles. The van der Waals surface area contributed by atoms with Crippen LogP contribution in [0.15, 0.2) is 84.0 Å². The van der Waals surface area contributed by atoms with Crippen LogP contribution >= 0.6 is 11.6 Å². The van der Waals surface area contributed by atoms with E-state index in [4.69, 9.17) is 21.1 Å². The summed E-state index contributed by atoms with van der Waals surface area (Å²) in [5.74, 6) is 0.616. The molecule has 10 heteroatoms. The minimum Gasteiger partial charge on any atom is -0.446 e. The van der Waals surface area contributed by atoms with Gasteiger partial charge in [-0.05, 0) is 59.0 Å². The molecule has 2 heterocycles. The molecule has 1 atom stereocenters. The Morgan fingerprint density at radius 3 is 2.42 bits per heavy atom. The first kappa shape index (κ1) is 20.7. The predicted molar refractivity (Wildman–Crippen MR) is 120 cm³/mol. The van der Waals surface area contributed by atoms with Gasteiger partial charge in [-0.2, -0.15) is 9.69 Å². The van der Waals surface area contributed by atoms with Crippen molar-refractivity contribution in [3.8, 4) is 17.4 Å². The van der Waals surface area contributed by atoms with Gasteiger partial charge < -0.3 is 9.47 Å². The summed E-state index contributed by atoms with van der Waals surface area (Å²) in [6, 6.07) is 23.8. The van der Waals surface area contributed by atoms with Crippen molar-refractivity contribution in [1.82, 2.24) is 25.2 Å². The van der Waals surface area contributed by atoms with E-state index in [1.807, 2.05) is 30.3 Å². The third-order valence-corrected chi connectivity index (χ3v) is 5.13. The average Bonchev–Trinajstić information content (AvgIpc) is 3.48. The Balaban J connectivity index is 1.35. The Hall–Kier alpha value is -4.24. The van der Waals surface area contributed by atoms with Crippen molar-refractivity contribution in [2.24, 2.45) is 5.10 Å². The molecule has 33 heavy (non-hydrogen) atoms. The van der Waals surface area contributed by atoms with Crippen LogP contribution in [0, 0.1) is 0 Å². The number of para-hydroxylation sites is 1. The number of ether oxygens (including phenoxy) is 2. The molecule has 0 saturated carbocycles. The number of halogens is 1. The topological polar surface area (TPSA) is 94.7 Å². The average molecular weight is 461 g/mol. The molecule has 164 valence electrons. The first-order chi connectivity index (χ1) is 16.1. The lowest BCUT2D eigenvalue weighted by Gasteiger charge is -2.19. The molecule has 1 aliphatic rings. The van der Waals surface area contributed by atoms with E-state index in [0.717, 1.165) is 11.3 Å². The van der Waals surface area contributed by atoms with Gasteiger partial charge in [0.25, 0.3) is 0 Å². The quantitative estimate of drug-likeness (QED) is 0.439. The molecule has 0 aliphatic carbocycles. The van der Waals surface area contributed by atoms with Gasteiger partial charge in [-0.3, -0.25) is 4.79 Å². The SMILES string of the molecule is CC(=O)N1N=C(c2ccc(Oc3nnnn3-c3ccccc3)cc2)OC1c1ccc(Cl)cc1. The Morgan fingerprint density at radius 2 is 1.73 bits per heavy atom. The van der Waals surface area contributed by atoms with Crippen molar-refractivity contribution >= 4 is 23.4 Å². The standard InChI is InChI=1S/C23H17ClN6O3/c1-15(31)29-22(17-7-11-18(24)12-8-17)33-21(26-29)16-9-13-20(14-10-16)32-23-25-27-28-30(23)19-5-3-2-4-6-19/h2-14,22H,1H3. The number of hydrogen-bond acceptors (Lipinski definition) is 7. The van der Waals surface area contributed by atoms with E-state index < -0.39 is 6.23 Å². The second-order valence-electron chi connectivity index (χ2n) is 7.13. The van der Waals surface area contributed by atoms with Gasteiger partial charge >= 0.3 is 6.01 Å². The van der Waals surface area contributed by atoms with E-state index in [1.54, 1.807) is 48.5 Å². The lowest BCUT2D eigenvalue weighted by Crippen LogP contribution is -2.25. The van der Waals surface area contributed by atoms with Crippen molar-refractivity contribution in [1.29, 1.82) is 0 Å². The minimum atomic E-state index is -0.666. The van der Waals surface area contributed by atoms with Crippen LogP contribution < -0.4 is 4.74 Å². The highest BCUT2D eigenvalue weighted by Crippen LogP contribution is 2.31. The van der Waals surface area contributed by atoms with Crippen molar-refractivity contribution in [2.45, 2.75) is 13.2 Å². The molecule has 3 aromatic carbocycles. The molecule has 1 unspecified atom stereocenters. The van der Waals surface area contributed by atoms with Gasteiger partial charge in [-0.25, -0.2) is 0 Å². The van der Waals surface area contributed by atoms with Crippen LogP contribution in [0.2, 0.25) is 5.02 Å². The molecule has 9 nitrogen and oxygen atoms in total. The van der Waals surface area contributed by atoms with Gasteiger partial charge in [-0.1, -0.05) is 47.0 Å². The first-order valence-corrected chi connectivity index (χ1v) is 10.4. The Kier molecular flexibility index (Phi) is 5.45. The zero-order valence-electron chi connectivity index (χ0n) is 17.4. The zero-order chi connectivity index (χ0) is 22.8. The maximum Gasteiger partial charge on any atom is 0.345 e. The summed E-state index contributed by atoms with van der Waals surface area (Å²) >= 11 is 5.98. The largest absolute Gasteiger partial charge is 0.446 e. The van der Waals surface area contributed by atoms with Crippen molar-refractivity contribution in [3.05, 3.63) is 95.0 Å². The van der Waals surface area contributed by atoms with Gasteiger partial charge in [0.15, 0.2) is 0 Å². The van der Waals surface area contributed by atoms with E-state index in [9.17, 15) is 4.79 Å². The molecule has 0 spiro atoms. The molecule has 0 radical (unpaired) electrons. The third kappa shape index (κ3) is 4.26. The molecular formula is C23H17ClN6O3. The van der Waals surface area contributed by atoms with Crippen LogP contribution in [0.3, 0.4) is 0 Å². The fourth-order valence-corrected chi connectivity index (χ4v) is 3.40. The molecule has 5 rings (SSSR count). The van der Waals surface area contributed by atoms with E-state index >= 15 is 0 Å². The molecule has 0 fully saturated rings. The minimum absolute atomic E-state index is 0.231. The van der Waals surface area contributed by atoms with E-state index in [-0.39, 0.29) is 11.9 Å². The van der Waals surface area contributed by atoms with Crippen molar-refractivity contribution in [2.75, 3.05) is 0 Å². The molecule has 1 amide bonds. The summed E-state index contributed by atoms with van der Waals surface area (Å²) in [4.78, 5) is 12.1. The van der Waals surface area contributed by atoms with Crippen LogP contribution in [0.1, 0.15) is 24.3 Å². The van der Waals surface area contributed by atoms with E-state index in [0.29, 0.717) is 22.2 Å². The lowest BCUT2D eigenvalue weighted by molar-refractivity contribution is -0.135. The summed E-state index contributed by atoms with van der Waals surface area (Å²) in [5, 5.41) is 17.9. The van der Waals surface area contributed by atoms with Crippen molar-refractivity contribution in [3.63, 3.8) is 0 Å². The highest BCUT2D eigenvalue weighted by Gasteiger charge is 2.33. The van der Waals surface area contributed by atoms with Gasteiger partial charge in [0, 0.05) is 23.1 Å². The van der Waals surface area contributed by atoms with E-state index in [2.05, 4.69) is 20.6 Å². The number of aromatic nitrogens is 4. The summed E-state index contributed by atoms with van der Waals surface area (Å²) in [6.45, 7) is 1.44. The molecular weight excluding hydrogens is 444 g/mol. The summed E-state index contributed by atoms with van der Waals surface area (Å²) in [7, 11) is 0. The number of rotatable bonds is 5. The number of carbonyl (C=O) groups is 1. The maximum absolute atomic E-state index is 12.1. The Labute approximate surface area is 193 Å². The highest BCUT2D eigenvalue weighted by molar-refractivity contribution is 6.30. The van der Waals surface area contributed by atoms with Crippen LogP contribution in [0.5, 0.6) is 11.8 Å². The number of hydrazone groups is 1. The van der Waals surface area contributed by atoms with Crippen LogP contribution in [-0.4, -0.2) is 37.0 Å². The van der Waals surface area contributed by atoms with Gasteiger partial charge in [-0.15, -0.1) is 5.10 Å². The fraction of sp³-hybridized carbons (Fsp3) is 0.0870. The number of benzene rings is 3. The number of nitrogens with zero attached hydrogens (tertiary/aromatic N) is 6. The zero-order valence-corrected chi connectivity index (χ0v) is 18.1. The third-order valence-electron chi connectivity index (χ3n) is 4.87. The molecule has 4 aromatic rings. The summed E-state index contributed by atoms with van der Waals surface area (Å²) < 4.78 is 13.4. The van der Waals surface area contributed by atoms with Crippen LogP contribution in [-0.2, 0) is 9.53 Å². The first-order valence-electron chi connectivity index (χ1n) is 10.0. The van der Waals surface area contributed by atoms with Gasteiger partial charge in [0.05, 0.1) is 5.69 Å². The molecule has 0 bridgehead atoms. The predicted octanol–water partition coefficient (Wildman–Crippen LogP) is 4.35. The maximum atomic E-state index is 12.1. The summed E-state index contributed by atoms with van der Waals surface area (Å²) in [6.07, 6.45) is -0.666. The molecule has 0 saturated heterocycles. The van der Waals surface area contributed by atoms with Crippen LogP contribution in [0.25, 0.3) is 5.69 Å². The van der Waals surface area contributed by atoms with Gasteiger partial charge in [0.1, 0.15) is 5.75 Å². The number of amides is 1. The number of tetrazole rings is 1. The lowest BCUT2D eigenvalue weighted by atomic mass is 10.2. The van der Waals surface area contributed by atoms with Gasteiger partial charge in [0.2, 0.25) is 18.0 Å². The van der Waals surface area contributed by atoms with Crippen molar-refractivity contribution < 1.29 is 14.3 Å². The highest BCUT2D eigenvalue weighted by atomic mass is 35.5. The second-order valence-corrected chi connectivity index (χ2v) is 7.56. The molecule has 0 N–H and O–H groups in total. The molecule has 1 aliphatic heterocycles. The number of hydrogen-bond donors (Lipinski definition) is 0. The van der Waals surface area contributed by atoms with Crippen LogP contribution in [0.4, 0.5) is 0 Å². The second kappa shape index (κ2) is 8.71. The van der Waals surface area contributed by atoms with E-state index in [1.165, 1.54) is 16.6 Å².